The predicted molar refractivity (Wildman–Crippen MR) is 77.7 cm³/mol. The van der Waals surface area contributed by atoms with E-state index in [2.05, 4.69) is 11.8 Å². The maximum absolute atomic E-state index is 9.23. The van der Waals surface area contributed by atoms with Gasteiger partial charge in [-0.1, -0.05) is 17.7 Å². The summed E-state index contributed by atoms with van der Waals surface area (Å²) >= 11 is 6.36. The monoisotopic (exact) mass is 284 g/mol. The van der Waals surface area contributed by atoms with E-state index in [-0.39, 0.29) is 24.8 Å². The lowest BCUT2D eigenvalue weighted by atomic mass is 10.1. The highest BCUT2D eigenvalue weighted by Gasteiger charge is 2.27. The van der Waals surface area contributed by atoms with Crippen LogP contribution >= 0.6 is 11.6 Å². The van der Waals surface area contributed by atoms with Crippen LogP contribution in [0.25, 0.3) is 0 Å². The summed E-state index contributed by atoms with van der Waals surface area (Å²) in [6.07, 6.45) is -0.152. The van der Waals surface area contributed by atoms with Crippen LogP contribution < -0.4 is 10.6 Å². The highest BCUT2D eigenvalue weighted by molar-refractivity contribution is 6.33. The highest BCUT2D eigenvalue weighted by Crippen LogP contribution is 2.31. The van der Waals surface area contributed by atoms with Crippen molar-refractivity contribution in [2.45, 2.75) is 32.0 Å². The van der Waals surface area contributed by atoms with E-state index < -0.39 is 0 Å². The summed E-state index contributed by atoms with van der Waals surface area (Å²) in [5.41, 5.74) is 7.85. The maximum atomic E-state index is 9.23. The van der Waals surface area contributed by atoms with Crippen molar-refractivity contribution in [2.24, 2.45) is 5.73 Å². The number of morpholine rings is 1. The number of anilines is 1. The Morgan fingerprint density at radius 1 is 1.58 bits per heavy atom. The van der Waals surface area contributed by atoms with Crippen molar-refractivity contribution in [3.8, 4) is 0 Å². The molecule has 5 heteroatoms. The van der Waals surface area contributed by atoms with Crippen LogP contribution in [0.4, 0.5) is 5.69 Å². The first kappa shape index (κ1) is 14.6. The molecule has 0 amide bonds. The molecule has 3 N–H and O–H groups in total. The van der Waals surface area contributed by atoms with Crippen molar-refractivity contribution >= 4 is 17.3 Å². The van der Waals surface area contributed by atoms with Crippen LogP contribution in [-0.2, 0) is 4.74 Å². The number of halogens is 1. The molecule has 0 aliphatic carbocycles. The van der Waals surface area contributed by atoms with E-state index >= 15 is 0 Å². The molecular formula is C14H21ClN2O2. The minimum absolute atomic E-state index is 0.0265. The number of rotatable bonds is 3. The van der Waals surface area contributed by atoms with Gasteiger partial charge in [0.1, 0.15) is 0 Å². The molecule has 1 aromatic rings. The molecule has 4 nitrogen and oxygen atoms in total. The number of nitrogens with two attached hydrogens (primary N) is 1. The normalized spacial score (nSPS) is 25.4. The van der Waals surface area contributed by atoms with Crippen molar-refractivity contribution in [3.63, 3.8) is 0 Å². The number of benzene rings is 1. The summed E-state index contributed by atoms with van der Waals surface area (Å²) in [5.74, 6) is 0. The van der Waals surface area contributed by atoms with E-state index in [4.69, 9.17) is 22.1 Å². The molecule has 0 radical (unpaired) electrons. The van der Waals surface area contributed by atoms with Crippen molar-refractivity contribution in [3.05, 3.63) is 28.8 Å². The van der Waals surface area contributed by atoms with E-state index in [1.807, 2.05) is 25.1 Å². The largest absolute Gasteiger partial charge is 0.394 e. The van der Waals surface area contributed by atoms with Crippen molar-refractivity contribution in [2.75, 3.05) is 24.7 Å². The van der Waals surface area contributed by atoms with E-state index in [1.54, 1.807) is 0 Å². The zero-order valence-corrected chi connectivity index (χ0v) is 12.1. The third-order valence-corrected chi connectivity index (χ3v) is 3.82. The van der Waals surface area contributed by atoms with Gasteiger partial charge in [-0.15, -0.1) is 0 Å². The van der Waals surface area contributed by atoms with Crippen LogP contribution in [0.1, 0.15) is 25.5 Å². The lowest BCUT2D eigenvalue weighted by molar-refractivity contribution is -0.0103. The maximum Gasteiger partial charge on any atom is 0.0981 e. The Morgan fingerprint density at radius 3 is 2.89 bits per heavy atom. The van der Waals surface area contributed by atoms with Crippen molar-refractivity contribution in [1.29, 1.82) is 0 Å². The minimum Gasteiger partial charge on any atom is -0.394 e. The van der Waals surface area contributed by atoms with Crippen LogP contribution in [0.15, 0.2) is 18.2 Å². The number of ether oxygens (including phenoxy) is 1. The molecule has 1 aromatic carbocycles. The number of aliphatic hydroxyl groups is 1. The lowest BCUT2D eigenvalue weighted by Gasteiger charge is -2.39. The molecule has 1 aliphatic rings. The van der Waals surface area contributed by atoms with Gasteiger partial charge in [0, 0.05) is 18.6 Å². The Kier molecular flexibility index (Phi) is 4.68. The fourth-order valence-corrected chi connectivity index (χ4v) is 2.60. The summed E-state index contributed by atoms with van der Waals surface area (Å²) in [6.45, 7) is 5.29. The van der Waals surface area contributed by atoms with Gasteiger partial charge in [-0.2, -0.15) is 0 Å². The molecule has 3 atom stereocenters. The Hall–Kier alpha value is -0.810. The van der Waals surface area contributed by atoms with Crippen LogP contribution in [0.3, 0.4) is 0 Å². The molecule has 1 saturated heterocycles. The quantitative estimate of drug-likeness (QED) is 0.891. The van der Waals surface area contributed by atoms with Gasteiger partial charge in [-0.25, -0.2) is 0 Å². The summed E-state index contributed by atoms with van der Waals surface area (Å²) in [7, 11) is 0. The van der Waals surface area contributed by atoms with Crippen LogP contribution in [-0.4, -0.2) is 37.0 Å². The SMILES string of the molecule is CC1COC(CO)CN1c1ccc([C@@H](C)N)cc1Cl. The number of aliphatic hydroxyl groups excluding tert-OH is 1. The molecule has 19 heavy (non-hydrogen) atoms. The fraction of sp³-hybridized carbons (Fsp3) is 0.571. The summed E-state index contributed by atoms with van der Waals surface area (Å²) in [6, 6.07) is 6.12. The fourth-order valence-electron chi connectivity index (χ4n) is 2.30. The Balaban J connectivity index is 2.24. The first-order valence-electron chi connectivity index (χ1n) is 6.57. The summed E-state index contributed by atoms with van der Waals surface area (Å²) < 4.78 is 5.54. The van der Waals surface area contributed by atoms with E-state index in [0.29, 0.717) is 18.2 Å². The number of hydrogen-bond acceptors (Lipinski definition) is 4. The van der Waals surface area contributed by atoms with E-state index in [9.17, 15) is 5.11 Å². The topological polar surface area (TPSA) is 58.7 Å². The van der Waals surface area contributed by atoms with E-state index in [0.717, 1.165) is 11.3 Å². The molecule has 2 unspecified atom stereocenters. The molecular weight excluding hydrogens is 264 g/mol. The molecule has 106 valence electrons. The van der Waals surface area contributed by atoms with Crippen LogP contribution in [0.2, 0.25) is 5.02 Å². The number of hydrogen-bond donors (Lipinski definition) is 2. The van der Waals surface area contributed by atoms with Gasteiger partial charge in [0.05, 0.1) is 30.0 Å². The molecule has 0 saturated carbocycles. The Labute approximate surface area is 119 Å². The van der Waals surface area contributed by atoms with Crippen LogP contribution in [0, 0.1) is 0 Å². The Bertz CT molecular complexity index is 439. The average molecular weight is 285 g/mol. The smallest absolute Gasteiger partial charge is 0.0981 e. The van der Waals surface area contributed by atoms with Crippen LogP contribution in [0.5, 0.6) is 0 Å². The summed E-state index contributed by atoms with van der Waals surface area (Å²) in [5, 5.41) is 9.92. The zero-order valence-electron chi connectivity index (χ0n) is 11.3. The molecule has 2 rings (SSSR count). The number of nitrogens with zero attached hydrogens (tertiary/aromatic N) is 1. The first-order valence-corrected chi connectivity index (χ1v) is 6.95. The Morgan fingerprint density at radius 2 is 2.32 bits per heavy atom. The first-order chi connectivity index (χ1) is 9.02. The third kappa shape index (κ3) is 3.20. The molecule has 0 spiro atoms. The second kappa shape index (κ2) is 6.09. The second-order valence-corrected chi connectivity index (χ2v) is 5.55. The molecule has 0 bridgehead atoms. The van der Waals surface area contributed by atoms with Gasteiger partial charge < -0.3 is 20.5 Å². The minimum atomic E-state index is -0.152. The van der Waals surface area contributed by atoms with Gasteiger partial charge in [0.15, 0.2) is 0 Å². The predicted octanol–water partition coefficient (Wildman–Crippen LogP) is 1.95. The standard InChI is InChI=1S/C14H21ClN2O2/c1-9-8-19-12(7-18)6-17(9)14-4-3-11(10(2)16)5-13(14)15/h3-5,9-10,12,18H,6-8,16H2,1-2H3/t9?,10-,12?/m1/s1. The van der Waals surface area contributed by atoms with Crippen molar-refractivity contribution in [1.82, 2.24) is 0 Å². The lowest BCUT2D eigenvalue weighted by Crippen LogP contribution is -2.49. The molecule has 0 aromatic heterocycles. The molecule has 1 fully saturated rings. The van der Waals surface area contributed by atoms with Gasteiger partial charge >= 0.3 is 0 Å². The van der Waals surface area contributed by atoms with E-state index in [1.165, 1.54) is 0 Å². The van der Waals surface area contributed by atoms with Gasteiger partial charge in [-0.3, -0.25) is 0 Å². The highest BCUT2D eigenvalue weighted by atomic mass is 35.5. The summed E-state index contributed by atoms with van der Waals surface area (Å²) in [4.78, 5) is 2.18. The van der Waals surface area contributed by atoms with Gasteiger partial charge in [0.25, 0.3) is 0 Å². The molecule has 1 heterocycles. The van der Waals surface area contributed by atoms with Crippen molar-refractivity contribution < 1.29 is 9.84 Å². The average Bonchev–Trinajstić information content (AvgIpc) is 2.39. The third-order valence-electron chi connectivity index (χ3n) is 3.52. The van der Waals surface area contributed by atoms with Gasteiger partial charge in [0.2, 0.25) is 0 Å². The second-order valence-electron chi connectivity index (χ2n) is 5.14. The zero-order chi connectivity index (χ0) is 14.0. The molecule has 1 aliphatic heterocycles. The van der Waals surface area contributed by atoms with Gasteiger partial charge in [-0.05, 0) is 31.5 Å².